The molecule has 0 saturated heterocycles. The van der Waals surface area contributed by atoms with E-state index in [4.69, 9.17) is 15.2 Å². The molecule has 2 N–H and O–H groups in total. The van der Waals surface area contributed by atoms with E-state index in [2.05, 4.69) is 9.97 Å². The maximum Gasteiger partial charge on any atom is 0.273 e. The molecule has 0 bridgehead atoms. The van der Waals surface area contributed by atoms with E-state index in [0.29, 0.717) is 5.75 Å². The number of aromatic nitrogens is 2. The maximum atomic E-state index is 12.9. The number of ether oxygens (including phenoxy) is 2. The molecule has 1 aromatic heterocycles. The lowest BCUT2D eigenvalue weighted by atomic mass is 10.2. The second-order valence-corrected chi connectivity index (χ2v) is 3.85. The van der Waals surface area contributed by atoms with Gasteiger partial charge in [0.15, 0.2) is 5.69 Å². The Kier molecular flexibility index (Phi) is 4.09. The van der Waals surface area contributed by atoms with E-state index in [1.807, 2.05) is 0 Å². The number of amides is 1. The minimum absolute atomic E-state index is 0.102. The van der Waals surface area contributed by atoms with E-state index >= 15 is 0 Å². The normalized spacial score (nSPS) is 10.1. The molecule has 0 aliphatic heterocycles. The van der Waals surface area contributed by atoms with Gasteiger partial charge < -0.3 is 15.2 Å². The minimum atomic E-state index is -0.901. The monoisotopic (exact) mass is 277 g/mol. The number of carbonyl (C=O) groups excluding carboxylic acids is 1. The van der Waals surface area contributed by atoms with Crippen molar-refractivity contribution in [3.8, 4) is 11.6 Å². The lowest BCUT2D eigenvalue weighted by molar-refractivity contribution is 0.0988. The zero-order chi connectivity index (χ0) is 14.5. The lowest BCUT2D eigenvalue weighted by Crippen LogP contribution is -2.17. The molecule has 20 heavy (non-hydrogen) atoms. The summed E-state index contributed by atoms with van der Waals surface area (Å²) in [6.07, 6.45) is 0.857. The van der Waals surface area contributed by atoms with E-state index in [1.165, 1.54) is 0 Å². The first-order chi connectivity index (χ1) is 9.60. The van der Waals surface area contributed by atoms with Crippen LogP contribution in [-0.4, -0.2) is 23.0 Å². The second-order valence-electron chi connectivity index (χ2n) is 3.85. The van der Waals surface area contributed by atoms with Crippen LogP contribution in [0.3, 0.4) is 0 Å². The topological polar surface area (TPSA) is 87.3 Å². The van der Waals surface area contributed by atoms with Gasteiger partial charge in [-0.25, -0.2) is 9.97 Å². The molecule has 2 rings (SSSR count). The highest BCUT2D eigenvalue weighted by Gasteiger charge is 2.14. The number of benzene rings is 1. The number of primary amides is 1. The van der Waals surface area contributed by atoms with Crippen molar-refractivity contribution in [2.75, 3.05) is 7.11 Å². The minimum Gasteiger partial charge on any atom is -0.497 e. The van der Waals surface area contributed by atoms with Crippen LogP contribution >= 0.6 is 0 Å². The van der Waals surface area contributed by atoms with Crippen molar-refractivity contribution in [2.24, 2.45) is 5.73 Å². The number of halogens is 1. The summed E-state index contributed by atoms with van der Waals surface area (Å²) in [6.45, 7) is 0.143. The van der Waals surface area contributed by atoms with Crippen LogP contribution in [0.1, 0.15) is 16.1 Å². The Bertz CT molecular complexity index is 617. The number of rotatable bonds is 5. The van der Waals surface area contributed by atoms with Gasteiger partial charge in [-0.15, -0.1) is 0 Å². The summed E-state index contributed by atoms with van der Waals surface area (Å²) < 4.78 is 23.3. The van der Waals surface area contributed by atoms with Gasteiger partial charge in [0.2, 0.25) is 11.8 Å². The number of nitrogens with two attached hydrogens (primary N) is 1. The van der Waals surface area contributed by atoms with Crippen LogP contribution in [0.4, 0.5) is 4.39 Å². The standard InChI is InChI=1S/C13H12FN3O3/c1-19-9-4-2-8(3-5-9)7-20-13-11(12(15)18)17-10(14)6-16-13/h2-6H,7H2,1H3,(H2,15,18). The Morgan fingerprint density at radius 2 is 2.05 bits per heavy atom. The molecule has 0 atom stereocenters. The third kappa shape index (κ3) is 3.19. The van der Waals surface area contributed by atoms with Gasteiger partial charge in [-0.2, -0.15) is 4.39 Å². The molecule has 1 heterocycles. The second kappa shape index (κ2) is 5.96. The molecule has 104 valence electrons. The summed E-state index contributed by atoms with van der Waals surface area (Å²) in [7, 11) is 1.57. The molecule has 1 amide bonds. The predicted molar refractivity (Wildman–Crippen MR) is 67.8 cm³/mol. The van der Waals surface area contributed by atoms with Crippen molar-refractivity contribution in [2.45, 2.75) is 6.61 Å². The fourth-order valence-electron chi connectivity index (χ4n) is 1.50. The molecule has 6 nitrogen and oxygen atoms in total. The van der Waals surface area contributed by atoms with Crippen LogP contribution in [0.2, 0.25) is 0 Å². The highest BCUT2D eigenvalue weighted by molar-refractivity contribution is 5.92. The van der Waals surface area contributed by atoms with Crippen molar-refractivity contribution >= 4 is 5.91 Å². The number of hydrogen-bond acceptors (Lipinski definition) is 5. The van der Waals surface area contributed by atoms with E-state index in [-0.39, 0.29) is 18.2 Å². The molecule has 0 unspecified atom stereocenters. The smallest absolute Gasteiger partial charge is 0.273 e. The first-order valence-corrected chi connectivity index (χ1v) is 5.68. The molecule has 0 radical (unpaired) electrons. The average molecular weight is 277 g/mol. The van der Waals surface area contributed by atoms with Crippen LogP contribution in [0.5, 0.6) is 11.6 Å². The zero-order valence-electron chi connectivity index (χ0n) is 10.7. The van der Waals surface area contributed by atoms with E-state index in [0.717, 1.165) is 11.8 Å². The predicted octanol–water partition coefficient (Wildman–Crippen LogP) is 1.30. The lowest BCUT2D eigenvalue weighted by Gasteiger charge is -2.08. The molecule has 0 aliphatic rings. The van der Waals surface area contributed by atoms with Crippen LogP contribution < -0.4 is 15.2 Å². The number of nitrogens with zero attached hydrogens (tertiary/aromatic N) is 2. The number of hydrogen-bond donors (Lipinski definition) is 1. The molecule has 1 aromatic carbocycles. The molecule has 2 aromatic rings. The molecule has 0 fully saturated rings. The number of methoxy groups -OCH3 is 1. The van der Waals surface area contributed by atoms with Crippen molar-refractivity contribution in [1.29, 1.82) is 0 Å². The van der Waals surface area contributed by atoms with Gasteiger partial charge in [0.1, 0.15) is 12.4 Å². The fraction of sp³-hybridized carbons (Fsp3) is 0.154. The molecule has 0 saturated carbocycles. The summed E-state index contributed by atoms with van der Waals surface area (Å²) >= 11 is 0. The Morgan fingerprint density at radius 1 is 1.35 bits per heavy atom. The quantitative estimate of drug-likeness (QED) is 0.890. The highest BCUT2D eigenvalue weighted by Crippen LogP contribution is 2.16. The van der Waals surface area contributed by atoms with Crippen LogP contribution in [0.15, 0.2) is 30.5 Å². The molecule has 0 aliphatic carbocycles. The zero-order valence-corrected chi connectivity index (χ0v) is 10.7. The average Bonchev–Trinajstić information content (AvgIpc) is 2.46. The molecular weight excluding hydrogens is 265 g/mol. The van der Waals surface area contributed by atoms with E-state index in [1.54, 1.807) is 31.4 Å². The van der Waals surface area contributed by atoms with Crippen molar-refractivity contribution < 1.29 is 18.7 Å². The van der Waals surface area contributed by atoms with Gasteiger partial charge in [0.05, 0.1) is 13.3 Å². The van der Waals surface area contributed by atoms with Gasteiger partial charge >= 0.3 is 0 Å². The van der Waals surface area contributed by atoms with Crippen LogP contribution in [0, 0.1) is 5.95 Å². The van der Waals surface area contributed by atoms with Crippen molar-refractivity contribution in [3.63, 3.8) is 0 Å². The summed E-state index contributed by atoms with van der Waals surface area (Å²) in [6, 6.07) is 7.12. The third-order valence-electron chi connectivity index (χ3n) is 2.48. The molecule has 0 spiro atoms. The SMILES string of the molecule is COc1ccc(COc2ncc(F)nc2C(N)=O)cc1. The fourth-order valence-corrected chi connectivity index (χ4v) is 1.50. The largest absolute Gasteiger partial charge is 0.497 e. The van der Waals surface area contributed by atoms with Crippen molar-refractivity contribution in [1.82, 2.24) is 9.97 Å². The summed E-state index contributed by atoms with van der Waals surface area (Å²) in [5.74, 6) is -1.18. The van der Waals surface area contributed by atoms with Gasteiger partial charge in [0, 0.05) is 0 Å². The first-order valence-electron chi connectivity index (χ1n) is 5.68. The third-order valence-corrected chi connectivity index (χ3v) is 2.48. The van der Waals surface area contributed by atoms with Crippen molar-refractivity contribution in [3.05, 3.63) is 47.7 Å². The summed E-state index contributed by atoms with van der Waals surface area (Å²) in [5, 5.41) is 0. The van der Waals surface area contributed by atoms with Crippen LogP contribution in [-0.2, 0) is 6.61 Å². The highest BCUT2D eigenvalue weighted by atomic mass is 19.1. The van der Waals surface area contributed by atoms with Gasteiger partial charge in [0.25, 0.3) is 5.91 Å². The van der Waals surface area contributed by atoms with Crippen LogP contribution in [0.25, 0.3) is 0 Å². The van der Waals surface area contributed by atoms with E-state index < -0.39 is 11.9 Å². The molecule has 7 heteroatoms. The first kappa shape index (κ1) is 13.7. The van der Waals surface area contributed by atoms with Gasteiger partial charge in [-0.1, -0.05) is 12.1 Å². The van der Waals surface area contributed by atoms with Gasteiger partial charge in [-0.05, 0) is 17.7 Å². The number of carbonyl (C=O) groups is 1. The Labute approximate surface area is 114 Å². The van der Waals surface area contributed by atoms with E-state index in [9.17, 15) is 9.18 Å². The Morgan fingerprint density at radius 3 is 2.65 bits per heavy atom. The summed E-state index contributed by atoms with van der Waals surface area (Å²) in [5.41, 5.74) is 5.58. The Balaban J connectivity index is 2.12. The van der Waals surface area contributed by atoms with Gasteiger partial charge in [-0.3, -0.25) is 4.79 Å². The summed E-state index contributed by atoms with van der Waals surface area (Å²) in [4.78, 5) is 18.2. The maximum absolute atomic E-state index is 12.9. The molecular formula is C13H12FN3O3. The Hall–Kier alpha value is -2.70.